The minimum Gasteiger partial charge on any atom is -0.328 e. The van der Waals surface area contributed by atoms with Crippen molar-refractivity contribution in [3.05, 3.63) is 89.2 Å². The molecular weight excluding hydrogens is 366 g/mol. The molecular formula is C22H15N5O2. The van der Waals surface area contributed by atoms with E-state index in [-0.39, 0.29) is 5.56 Å². The van der Waals surface area contributed by atoms with E-state index in [1.165, 1.54) is 0 Å². The van der Waals surface area contributed by atoms with Crippen molar-refractivity contribution in [2.75, 3.05) is 5.32 Å². The number of hydrogen-bond donors (Lipinski definition) is 3. The Morgan fingerprint density at radius 2 is 1.86 bits per heavy atom. The van der Waals surface area contributed by atoms with Crippen LogP contribution in [0.25, 0.3) is 32.8 Å². The molecule has 7 nitrogen and oxygen atoms in total. The second-order valence-electron chi connectivity index (χ2n) is 6.67. The van der Waals surface area contributed by atoms with E-state index in [0.29, 0.717) is 11.3 Å². The van der Waals surface area contributed by atoms with Crippen LogP contribution in [-0.4, -0.2) is 26.1 Å². The summed E-state index contributed by atoms with van der Waals surface area (Å²) in [6.45, 7) is 0. The third-order valence-corrected chi connectivity index (χ3v) is 4.83. The smallest absolute Gasteiger partial charge is 0.261 e. The highest BCUT2D eigenvalue weighted by Gasteiger charge is 2.14. The molecule has 3 N–H and O–H groups in total. The van der Waals surface area contributed by atoms with Gasteiger partial charge >= 0.3 is 0 Å². The molecule has 0 unspecified atom stereocenters. The Kier molecular flexibility index (Phi) is 3.91. The number of rotatable bonds is 3. The molecule has 0 aliphatic carbocycles. The zero-order valence-electron chi connectivity index (χ0n) is 15.1. The van der Waals surface area contributed by atoms with Crippen LogP contribution in [0.5, 0.6) is 0 Å². The van der Waals surface area contributed by atoms with Crippen LogP contribution in [0.4, 0.5) is 5.69 Å². The number of hydrogen-bond acceptors (Lipinski definition) is 4. The molecule has 0 fully saturated rings. The van der Waals surface area contributed by atoms with Gasteiger partial charge in [-0.05, 0) is 29.7 Å². The van der Waals surface area contributed by atoms with Crippen LogP contribution in [0, 0.1) is 0 Å². The fourth-order valence-corrected chi connectivity index (χ4v) is 3.37. The summed E-state index contributed by atoms with van der Waals surface area (Å²) >= 11 is 0. The normalized spacial score (nSPS) is 11.0. The molecule has 29 heavy (non-hydrogen) atoms. The molecule has 0 radical (unpaired) electrons. The van der Waals surface area contributed by atoms with Gasteiger partial charge < -0.3 is 10.3 Å². The van der Waals surface area contributed by atoms with Crippen molar-refractivity contribution in [1.29, 1.82) is 0 Å². The van der Waals surface area contributed by atoms with E-state index in [2.05, 4.69) is 25.5 Å². The first kappa shape index (κ1) is 16.9. The van der Waals surface area contributed by atoms with Gasteiger partial charge in [-0.15, -0.1) is 0 Å². The largest absolute Gasteiger partial charge is 0.328 e. The molecule has 3 heterocycles. The van der Waals surface area contributed by atoms with Crippen molar-refractivity contribution >= 4 is 33.3 Å². The van der Waals surface area contributed by atoms with Gasteiger partial charge in [-0.25, -0.2) is 0 Å². The summed E-state index contributed by atoms with van der Waals surface area (Å²) in [6, 6.07) is 14.8. The molecule has 5 aromatic rings. The van der Waals surface area contributed by atoms with Crippen molar-refractivity contribution < 1.29 is 4.79 Å². The average molecular weight is 381 g/mol. The van der Waals surface area contributed by atoms with Crippen molar-refractivity contribution in [3.63, 3.8) is 0 Å². The lowest BCUT2D eigenvalue weighted by Gasteiger charge is -2.09. The first-order chi connectivity index (χ1) is 14.2. The van der Waals surface area contributed by atoms with Gasteiger partial charge in [0.1, 0.15) is 5.56 Å². The first-order valence-electron chi connectivity index (χ1n) is 8.99. The van der Waals surface area contributed by atoms with Crippen molar-refractivity contribution in [3.8, 4) is 11.1 Å². The van der Waals surface area contributed by atoms with Gasteiger partial charge in [-0.3, -0.25) is 19.7 Å². The van der Waals surface area contributed by atoms with Gasteiger partial charge in [0.2, 0.25) is 0 Å². The van der Waals surface area contributed by atoms with Crippen molar-refractivity contribution in [1.82, 2.24) is 20.2 Å². The minimum absolute atomic E-state index is 0.0279. The van der Waals surface area contributed by atoms with Gasteiger partial charge in [0.25, 0.3) is 11.5 Å². The number of anilines is 1. The maximum atomic E-state index is 12.8. The van der Waals surface area contributed by atoms with Crippen molar-refractivity contribution in [2.45, 2.75) is 0 Å². The van der Waals surface area contributed by atoms with Gasteiger partial charge in [-0.2, -0.15) is 5.10 Å². The number of carbonyl (C=O) groups excluding carboxylic acids is 1. The number of benzene rings is 2. The second-order valence-corrected chi connectivity index (χ2v) is 6.67. The summed E-state index contributed by atoms with van der Waals surface area (Å²) in [5.74, 6) is -0.486. The Hall–Kier alpha value is -4.26. The molecule has 5 rings (SSSR count). The standard InChI is InChI=1S/C22H15N5O2/c28-21-18(22(29)26-16-6-5-14-11-25-27-20(14)8-16)7-15(10-24-21)19-12-23-9-13-3-1-2-4-17(13)19/h1-12H,(H,24,28)(H,25,27)(H,26,29). The lowest BCUT2D eigenvalue weighted by Crippen LogP contribution is -2.23. The average Bonchev–Trinajstić information content (AvgIpc) is 3.21. The van der Waals surface area contributed by atoms with Crippen LogP contribution in [0.1, 0.15) is 10.4 Å². The van der Waals surface area contributed by atoms with E-state index >= 15 is 0 Å². The highest BCUT2D eigenvalue weighted by molar-refractivity contribution is 6.06. The molecule has 0 aliphatic rings. The number of carbonyl (C=O) groups is 1. The van der Waals surface area contributed by atoms with Gasteiger partial charge in [0.05, 0.1) is 11.7 Å². The van der Waals surface area contributed by atoms with E-state index in [1.807, 2.05) is 30.3 Å². The fraction of sp³-hybridized carbons (Fsp3) is 0. The number of nitrogens with one attached hydrogen (secondary N) is 3. The maximum Gasteiger partial charge on any atom is 0.261 e. The van der Waals surface area contributed by atoms with Crippen LogP contribution < -0.4 is 10.9 Å². The third kappa shape index (κ3) is 3.04. The van der Waals surface area contributed by atoms with Gasteiger partial charge in [0, 0.05) is 46.2 Å². The Bertz CT molecular complexity index is 1430. The summed E-state index contributed by atoms with van der Waals surface area (Å²) in [5.41, 5.74) is 2.49. The first-order valence-corrected chi connectivity index (χ1v) is 8.99. The minimum atomic E-state index is -0.486. The topological polar surface area (TPSA) is 104 Å². The van der Waals surface area contributed by atoms with E-state index in [4.69, 9.17) is 0 Å². The van der Waals surface area contributed by atoms with E-state index in [0.717, 1.165) is 27.2 Å². The molecule has 0 spiro atoms. The SMILES string of the molecule is O=C(Nc1ccc2cn[nH]c2c1)c1cc(-c2cncc3ccccc23)c[nH]c1=O. The predicted molar refractivity (Wildman–Crippen MR) is 112 cm³/mol. The van der Waals surface area contributed by atoms with Crippen LogP contribution in [0.2, 0.25) is 0 Å². The molecule has 1 amide bonds. The Balaban J connectivity index is 1.53. The predicted octanol–water partition coefficient (Wildman–Crippen LogP) is 3.72. The molecule has 0 saturated carbocycles. The lowest BCUT2D eigenvalue weighted by molar-refractivity contribution is 0.102. The molecule has 7 heteroatoms. The fourth-order valence-electron chi connectivity index (χ4n) is 3.37. The summed E-state index contributed by atoms with van der Waals surface area (Å²) in [5, 5.41) is 12.5. The molecule has 140 valence electrons. The van der Waals surface area contributed by atoms with Gasteiger partial charge in [-0.1, -0.05) is 24.3 Å². The lowest BCUT2D eigenvalue weighted by atomic mass is 10.0. The highest BCUT2D eigenvalue weighted by Crippen LogP contribution is 2.27. The Morgan fingerprint density at radius 3 is 2.79 bits per heavy atom. The number of fused-ring (bicyclic) bond motifs is 2. The summed E-state index contributed by atoms with van der Waals surface area (Å²) in [4.78, 5) is 32.0. The summed E-state index contributed by atoms with van der Waals surface area (Å²) < 4.78 is 0. The summed E-state index contributed by atoms with van der Waals surface area (Å²) in [6.07, 6.45) is 6.81. The quantitative estimate of drug-likeness (QED) is 0.443. The molecule has 0 atom stereocenters. The number of aromatic nitrogens is 4. The zero-order chi connectivity index (χ0) is 19.8. The molecule has 0 bridgehead atoms. The molecule has 3 aromatic heterocycles. The van der Waals surface area contributed by atoms with Crippen LogP contribution >= 0.6 is 0 Å². The number of pyridine rings is 2. The Morgan fingerprint density at radius 1 is 0.966 bits per heavy atom. The van der Waals surface area contributed by atoms with E-state index in [9.17, 15) is 9.59 Å². The summed E-state index contributed by atoms with van der Waals surface area (Å²) in [7, 11) is 0. The van der Waals surface area contributed by atoms with Crippen LogP contribution in [-0.2, 0) is 0 Å². The monoisotopic (exact) mass is 381 g/mol. The van der Waals surface area contributed by atoms with E-state index < -0.39 is 11.5 Å². The Labute approximate surface area is 164 Å². The molecule has 0 aliphatic heterocycles. The van der Waals surface area contributed by atoms with E-state index in [1.54, 1.807) is 43.0 Å². The second kappa shape index (κ2) is 6.72. The number of H-pyrrole nitrogens is 2. The zero-order valence-corrected chi connectivity index (χ0v) is 15.1. The van der Waals surface area contributed by atoms with Crippen LogP contribution in [0.3, 0.4) is 0 Å². The van der Waals surface area contributed by atoms with Crippen LogP contribution in [0.15, 0.2) is 78.1 Å². The van der Waals surface area contributed by atoms with Crippen molar-refractivity contribution in [2.24, 2.45) is 0 Å². The molecule has 0 saturated heterocycles. The number of aromatic amines is 2. The highest BCUT2D eigenvalue weighted by atomic mass is 16.2. The van der Waals surface area contributed by atoms with Gasteiger partial charge in [0.15, 0.2) is 0 Å². The third-order valence-electron chi connectivity index (χ3n) is 4.83. The molecule has 2 aromatic carbocycles. The maximum absolute atomic E-state index is 12.8. The number of amides is 1. The number of nitrogens with zero attached hydrogens (tertiary/aromatic N) is 2.